The van der Waals surface area contributed by atoms with E-state index in [1.807, 2.05) is 42.1 Å². The number of aliphatic carboxylic acids is 1. The SMILES string of the molecule is Cn1ccnc1C(CC(=O)O)c1ccc(OCC2=CC3=C(CCCC3(C)C)CC2)cc1. The Kier molecular flexibility index (Phi) is 6.03. The number of carbonyl (C=O) groups is 1. The lowest BCUT2D eigenvalue weighted by atomic mass is 9.69. The van der Waals surface area contributed by atoms with Crippen LogP contribution in [0.1, 0.15) is 69.7 Å². The van der Waals surface area contributed by atoms with E-state index in [1.165, 1.54) is 30.4 Å². The molecule has 5 nitrogen and oxygen atoms in total. The third-order valence-electron chi connectivity index (χ3n) is 6.74. The Bertz CT molecular complexity index is 1010. The lowest BCUT2D eigenvalue weighted by Gasteiger charge is -2.36. The molecule has 2 aliphatic rings. The first-order valence-corrected chi connectivity index (χ1v) is 11.2. The van der Waals surface area contributed by atoms with Crippen LogP contribution in [0.3, 0.4) is 0 Å². The van der Waals surface area contributed by atoms with Crippen molar-refractivity contribution in [1.29, 1.82) is 0 Å². The van der Waals surface area contributed by atoms with Crippen molar-refractivity contribution >= 4 is 5.97 Å². The molecule has 0 aliphatic heterocycles. The summed E-state index contributed by atoms with van der Waals surface area (Å²) in [5, 5.41) is 9.37. The molecule has 31 heavy (non-hydrogen) atoms. The van der Waals surface area contributed by atoms with Crippen molar-refractivity contribution in [1.82, 2.24) is 9.55 Å². The third-order valence-corrected chi connectivity index (χ3v) is 6.74. The highest BCUT2D eigenvalue weighted by Gasteiger charge is 2.30. The summed E-state index contributed by atoms with van der Waals surface area (Å²) in [6.45, 7) is 5.31. The van der Waals surface area contributed by atoms with Gasteiger partial charge in [-0.25, -0.2) is 4.98 Å². The van der Waals surface area contributed by atoms with Gasteiger partial charge in [-0.05, 0) is 66.4 Å². The number of carboxylic acids is 1. The smallest absolute Gasteiger partial charge is 0.304 e. The molecule has 164 valence electrons. The first-order valence-electron chi connectivity index (χ1n) is 11.2. The van der Waals surface area contributed by atoms with Crippen LogP contribution in [0.15, 0.2) is 59.5 Å². The van der Waals surface area contributed by atoms with Crippen LogP contribution < -0.4 is 4.74 Å². The molecule has 4 rings (SSSR count). The molecule has 0 amide bonds. The minimum atomic E-state index is -0.836. The van der Waals surface area contributed by atoms with Gasteiger partial charge in [0.05, 0.1) is 12.3 Å². The second-order valence-electron chi connectivity index (χ2n) is 9.46. The number of ether oxygens (including phenoxy) is 1. The zero-order chi connectivity index (χ0) is 22.0. The van der Waals surface area contributed by atoms with Crippen LogP contribution in [0.2, 0.25) is 0 Å². The third kappa shape index (κ3) is 4.76. The minimum Gasteiger partial charge on any atom is -0.489 e. The highest BCUT2D eigenvalue weighted by atomic mass is 16.5. The van der Waals surface area contributed by atoms with E-state index in [2.05, 4.69) is 24.9 Å². The second-order valence-corrected chi connectivity index (χ2v) is 9.46. The minimum absolute atomic E-state index is 0.00513. The number of benzene rings is 1. The number of carboxylic acid groups (broad SMARTS) is 1. The van der Waals surface area contributed by atoms with E-state index in [4.69, 9.17) is 4.74 Å². The van der Waals surface area contributed by atoms with E-state index < -0.39 is 5.97 Å². The van der Waals surface area contributed by atoms with Crippen molar-refractivity contribution in [3.63, 3.8) is 0 Å². The Hall–Kier alpha value is -2.82. The van der Waals surface area contributed by atoms with Crippen molar-refractivity contribution in [3.05, 3.63) is 70.8 Å². The van der Waals surface area contributed by atoms with Crippen molar-refractivity contribution in [2.45, 2.75) is 58.3 Å². The molecule has 1 atom stereocenters. The van der Waals surface area contributed by atoms with Crippen LogP contribution in [0.25, 0.3) is 0 Å². The molecule has 0 radical (unpaired) electrons. The monoisotopic (exact) mass is 420 g/mol. The van der Waals surface area contributed by atoms with Crippen LogP contribution in [0, 0.1) is 5.41 Å². The second kappa shape index (κ2) is 8.74. The summed E-state index contributed by atoms with van der Waals surface area (Å²) in [6, 6.07) is 7.78. The Balaban J connectivity index is 1.45. The highest BCUT2D eigenvalue weighted by Crippen LogP contribution is 2.45. The van der Waals surface area contributed by atoms with Crippen LogP contribution in [-0.2, 0) is 11.8 Å². The van der Waals surface area contributed by atoms with Crippen LogP contribution in [0.4, 0.5) is 0 Å². The molecule has 0 spiro atoms. The van der Waals surface area contributed by atoms with Crippen LogP contribution >= 0.6 is 0 Å². The van der Waals surface area contributed by atoms with Crippen molar-refractivity contribution in [2.75, 3.05) is 6.61 Å². The molecule has 1 heterocycles. The zero-order valence-electron chi connectivity index (χ0n) is 18.7. The summed E-state index contributed by atoms with van der Waals surface area (Å²) in [7, 11) is 1.89. The predicted molar refractivity (Wildman–Crippen MR) is 121 cm³/mol. The number of allylic oxidation sites excluding steroid dienone is 3. The Morgan fingerprint density at radius 2 is 2.00 bits per heavy atom. The summed E-state index contributed by atoms with van der Waals surface area (Å²) in [4.78, 5) is 15.8. The van der Waals surface area contributed by atoms with E-state index >= 15 is 0 Å². The van der Waals surface area contributed by atoms with E-state index in [9.17, 15) is 9.90 Å². The first-order chi connectivity index (χ1) is 14.8. The topological polar surface area (TPSA) is 64.4 Å². The maximum Gasteiger partial charge on any atom is 0.304 e. The number of aromatic nitrogens is 2. The predicted octanol–water partition coefficient (Wildman–Crippen LogP) is 5.63. The fourth-order valence-corrected chi connectivity index (χ4v) is 4.97. The standard InChI is InChI=1S/C26H32N2O3/c1-26(2)12-4-5-20-7-6-18(15-23(20)26)17-31-21-10-8-19(9-11-21)22(16-24(29)30)25-27-13-14-28(25)3/h8-11,13-15,22H,4-7,12,16-17H2,1-3H3,(H,29,30). The van der Waals surface area contributed by atoms with Crippen molar-refractivity contribution in [3.8, 4) is 5.75 Å². The normalized spacial score (nSPS) is 18.9. The van der Waals surface area contributed by atoms with Crippen molar-refractivity contribution < 1.29 is 14.6 Å². The zero-order valence-corrected chi connectivity index (χ0v) is 18.7. The van der Waals surface area contributed by atoms with Gasteiger partial charge < -0.3 is 14.4 Å². The fraction of sp³-hybridized carbons (Fsp3) is 0.462. The number of hydrogen-bond donors (Lipinski definition) is 1. The largest absolute Gasteiger partial charge is 0.489 e. The number of imidazole rings is 1. The quantitative estimate of drug-likeness (QED) is 0.630. The summed E-state index contributed by atoms with van der Waals surface area (Å²) in [5.74, 6) is 0.437. The van der Waals surface area contributed by atoms with Gasteiger partial charge in [0.2, 0.25) is 0 Å². The van der Waals surface area contributed by atoms with Gasteiger partial charge in [0, 0.05) is 19.4 Å². The number of hydrogen-bond acceptors (Lipinski definition) is 3. The Morgan fingerprint density at radius 1 is 1.23 bits per heavy atom. The Morgan fingerprint density at radius 3 is 2.68 bits per heavy atom. The summed E-state index contributed by atoms with van der Waals surface area (Å²) < 4.78 is 7.97. The van der Waals surface area contributed by atoms with E-state index in [1.54, 1.807) is 11.8 Å². The van der Waals surface area contributed by atoms with Gasteiger partial charge in [-0.15, -0.1) is 0 Å². The summed E-state index contributed by atoms with van der Waals surface area (Å²) in [5.41, 5.74) is 5.73. The molecule has 1 aromatic carbocycles. The van der Waals surface area contributed by atoms with Crippen LogP contribution in [0.5, 0.6) is 5.75 Å². The van der Waals surface area contributed by atoms with Crippen molar-refractivity contribution in [2.24, 2.45) is 12.5 Å². The molecule has 2 aromatic rings. The lowest BCUT2D eigenvalue weighted by molar-refractivity contribution is -0.137. The van der Waals surface area contributed by atoms with Gasteiger partial charge in [-0.2, -0.15) is 0 Å². The fourth-order valence-electron chi connectivity index (χ4n) is 4.97. The van der Waals surface area contributed by atoms with E-state index in [0.29, 0.717) is 6.61 Å². The molecule has 1 N–H and O–H groups in total. The number of aryl methyl sites for hydroxylation is 1. The molecular formula is C26H32N2O3. The lowest BCUT2D eigenvalue weighted by Crippen LogP contribution is -2.22. The highest BCUT2D eigenvalue weighted by molar-refractivity contribution is 5.68. The number of nitrogens with zero attached hydrogens (tertiary/aromatic N) is 2. The summed E-state index contributed by atoms with van der Waals surface area (Å²) >= 11 is 0. The molecule has 1 unspecified atom stereocenters. The average Bonchev–Trinajstić information content (AvgIpc) is 3.16. The van der Waals surface area contributed by atoms with Crippen LogP contribution in [-0.4, -0.2) is 27.2 Å². The maximum absolute atomic E-state index is 11.4. The molecule has 0 saturated heterocycles. The van der Waals surface area contributed by atoms with Gasteiger partial charge in [-0.1, -0.05) is 37.6 Å². The molecular weight excluding hydrogens is 388 g/mol. The molecule has 0 bridgehead atoms. The maximum atomic E-state index is 11.4. The molecule has 2 aliphatic carbocycles. The van der Waals surface area contributed by atoms with Gasteiger partial charge in [0.15, 0.2) is 0 Å². The molecule has 0 saturated carbocycles. The van der Waals surface area contributed by atoms with Gasteiger partial charge >= 0.3 is 5.97 Å². The summed E-state index contributed by atoms with van der Waals surface area (Å²) in [6.07, 6.45) is 12.0. The molecule has 5 heteroatoms. The van der Waals surface area contributed by atoms with E-state index in [-0.39, 0.29) is 17.8 Å². The number of rotatable bonds is 7. The van der Waals surface area contributed by atoms with Gasteiger partial charge in [-0.3, -0.25) is 4.79 Å². The van der Waals surface area contributed by atoms with Gasteiger partial charge in [0.25, 0.3) is 0 Å². The molecule has 1 aromatic heterocycles. The Labute approximate surface area is 184 Å². The first kappa shape index (κ1) is 21.4. The average molecular weight is 421 g/mol. The van der Waals surface area contributed by atoms with Gasteiger partial charge in [0.1, 0.15) is 18.2 Å². The van der Waals surface area contributed by atoms with E-state index in [0.717, 1.165) is 30.0 Å². The molecule has 0 fully saturated rings.